The van der Waals surface area contributed by atoms with Crippen molar-refractivity contribution >= 4 is 74.4 Å². The molecule has 0 aliphatic carbocycles. The monoisotopic (exact) mass is 397 g/mol. The minimum absolute atomic E-state index is 0. The molecule has 0 unspecified atom stereocenters. The van der Waals surface area contributed by atoms with Gasteiger partial charge in [-0.05, 0) is 0 Å². The largest absolute Gasteiger partial charge is 0.147 e. The van der Waals surface area contributed by atoms with Crippen LogP contribution in [0.3, 0.4) is 0 Å². The Morgan fingerprint density at radius 1 is 0.286 bits per heavy atom. The predicted octanol–water partition coefficient (Wildman–Crippen LogP) is 2.53. The second-order valence-corrected chi connectivity index (χ2v) is 0. The van der Waals surface area contributed by atoms with Crippen molar-refractivity contribution in [2.45, 2.75) is 0 Å². The van der Waals surface area contributed by atoms with Crippen LogP contribution in [0.25, 0.3) is 0 Å². The first-order chi connectivity index (χ1) is 0. The summed E-state index contributed by atoms with van der Waals surface area (Å²) in [6, 6.07) is 0. The van der Waals surface area contributed by atoms with Gasteiger partial charge in [0.25, 0.3) is 0 Å². The standard InChI is InChI=1S/6ClH.Ta/h6*1H;. The Morgan fingerprint density at radius 2 is 0.286 bits per heavy atom. The molecule has 0 N–H and O–H groups in total. The van der Waals surface area contributed by atoms with Crippen LogP contribution in [0.2, 0.25) is 0 Å². The molecule has 0 bridgehead atoms. The Labute approximate surface area is 95.9 Å². The summed E-state index contributed by atoms with van der Waals surface area (Å²) in [7, 11) is 0. The van der Waals surface area contributed by atoms with E-state index in [1.165, 1.54) is 0 Å². The van der Waals surface area contributed by atoms with Crippen molar-refractivity contribution in [1.82, 2.24) is 0 Å². The van der Waals surface area contributed by atoms with E-state index < -0.39 is 0 Å². The Kier molecular flexibility index (Phi) is 1220. The van der Waals surface area contributed by atoms with Gasteiger partial charge in [0.1, 0.15) is 0 Å². The first-order valence-electron chi connectivity index (χ1n) is 0. The van der Waals surface area contributed by atoms with Crippen molar-refractivity contribution in [2.24, 2.45) is 0 Å². The van der Waals surface area contributed by atoms with Gasteiger partial charge in [-0.3, -0.25) is 0 Å². The van der Waals surface area contributed by atoms with E-state index in [0.717, 1.165) is 0 Å². The SMILES string of the molecule is Cl.Cl.Cl.Cl.Cl.Cl.[Ta]. The fourth-order valence-electron chi connectivity index (χ4n) is 0. The van der Waals surface area contributed by atoms with Crippen molar-refractivity contribution in [1.29, 1.82) is 0 Å². The van der Waals surface area contributed by atoms with Crippen LogP contribution in [-0.2, 0) is 22.4 Å². The van der Waals surface area contributed by atoms with Crippen LogP contribution in [0.15, 0.2) is 0 Å². The van der Waals surface area contributed by atoms with E-state index in [0.29, 0.717) is 0 Å². The van der Waals surface area contributed by atoms with Crippen molar-refractivity contribution in [3.8, 4) is 0 Å². The smallest absolute Gasteiger partial charge is 0 e. The molecule has 7 heteroatoms. The zero-order valence-corrected chi connectivity index (χ0v) is 11.0. The average Bonchev–Trinajstić information content (AvgIpc) is 0. The summed E-state index contributed by atoms with van der Waals surface area (Å²) in [5.74, 6) is 0. The molecule has 0 heterocycles. The van der Waals surface area contributed by atoms with E-state index in [1.807, 2.05) is 0 Å². The summed E-state index contributed by atoms with van der Waals surface area (Å²) in [6.07, 6.45) is 0. The van der Waals surface area contributed by atoms with Crippen LogP contribution in [0.4, 0.5) is 0 Å². The molecule has 0 nitrogen and oxygen atoms in total. The van der Waals surface area contributed by atoms with Gasteiger partial charge in [0.15, 0.2) is 0 Å². The molecule has 0 spiro atoms. The zero-order chi connectivity index (χ0) is 0. The van der Waals surface area contributed by atoms with Crippen LogP contribution in [0, 0.1) is 0 Å². The molecular formula is H6Cl6Ta. The molecule has 1 radical (unpaired) electrons. The molecular weight excluding hydrogens is 394 g/mol. The van der Waals surface area contributed by atoms with E-state index >= 15 is 0 Å². The third-order valence-corrected chi connectivity index (χ3v) is 0. The molecule has 0 aliphatic heterocycles. The summed E-state index contributed by atoms with van der Waals surface area (Å²) in [6.45, 7) is 0. The van der Waals surface area contributed by atoms with Gasteiger partial charge >= 0.3 is 0 Å². The Hall–Kier alpha value is 2.48. The first-order valence-corrected chi connectivity index (χ1v) is 0. The summed E-state index contributed by atoms with van der Waals surface area (Å²) in [5.41, 5.74) is 0. The topological polar surface area (TPSA) is 0 Å². The van der Waals surface area contributed by atoms with E-state index in [2.05, 4.69) is 0 Å². The first kappa shape index (κ1) is 111. The maximum atomic E-state index is 0. The minimum atomic E-state index is 0. The third kappa shape index (κ3) is 57.9. The van der Waals surface area contributed by atoms with Gasteiger partial charge in [-0.15, -0.1) is 74.4 Å². The van der Waals surface area contributed by atoms with Crippen molar-refractivity contribution < 1.29 is 22.4 Å². The number of hydrogen-bond donors (Lipinski definition) is 0. The quantitative estimate of drug-likeness (QED) is 0.587. The van der Waals surface area contributed by atoms with Crippen LogP contribution in [-0.4, -0.2) is 0 Å². The maximum absolute atomic E-state index is 0. The molecule has 0 rings (SSSR count). The Bertz CT molecular complexity index is 4.14. The van der Waals surface area contributed by atoms with Crippen LogP contribution < -0.4 is 0 Å². The second kappa shape index (κ2) is 77.1. The molecule has 0 atom stereocenters. The summed E-state index contributed by atoms with van der Waals surface area (Å²) >= 11 is 0. The van der Waals surface area contributed by atoms with Gasteiger partial charge < -0.3 is 0 Å². The van der Waals surface area contributed by atoms with Crippen molar-refractivity contribution in [3.05, 3.63) is 0 Å². The molecule has 0 aliphatic rings. The second-order valence-electron chi connectivity index (χ2n) is 0. The van der Waals surface area contributed by atoms with Crippen molar-refractivity contribution in [2.75, 3.05) is 0 Å². The van der Waals surface area contributed by atoms with Gasteiger partial charge in [0.2, 0.25) is 0 Å². The fraction of sp³-hybridized carbons (Fsp3) is 0. The minimum Gasteiger partial charge on any atom is -0.147 e. The van der Waals surface area contributed by atoms with Crippen molar-refractivity contribution in [3.63, 3.8) is 0 Å². The summed E-state index contributed by atoms with van der Waals surface area (Å²) < 4.78 is 0. The normalized spacial score (nSPS) is 0. The molecule has 0 aromatic heterocycles. The van der Waals surface area contributed by atoms with Gasteiger partial charge in [-0.2, -0.15) is 0 Å². The Morgan fingerprint density at radius 3 is 0.286 bits per heavy atom. The Balaban J connectivity index is 0. The molecule has 0 fully saturated rings. The van der Waals surface area contributed by atoms with E-state index in [4.69, 9.17) is 0 Å². The summed E-state index contributed by atoms with van der Waals surface area (Å²) in [5, 5.41) is 0. The van der Waals surface area contributed by atoms with Crippen LogP contribution >= 0.6 is 74.4 Å². The van der Waals surface area contributed by atoms with E-state index in [9.17, 15) is 0 Å². The maximum Gasteiger partial charge on any atom is 0 e. The van der Waals surface area contributed by atoms with Gasteiger partial charge in [0, 0.05) is 22.4 Å². The molecule has 0 saturated carbocycles. The third-order valence-electron chi connectivity index (χ3n) is 0. The van der Waals surface area contributed by atoms with Gasteiger partial charge in [0.05, 0.1) is 0 Å². The van der Waals surface area contributed by atoms with Crippen LogP contribution in [0.5, 0.6) is 0 Å². The average molecular weight is 400 g/mol. The number of hydrogen-bond acceptors (Lipinski definition) is 0. The predicted molar refractivity (Wildman–Crippen MR) is 43.5 cm³/mol. The molecule has 0 amide bonds. The zero-order valence-electron chi connectivity index (χ0n) is 2.90. The van der Waals surface area contributed by atoms with Gasteiger partial charge in [-0.25, -0.2) is 0 Å². The van der Waals surface area contributed by atoms with Gasteiger partial charge in [-0.1, -0.05) is 0 Å². The molecule has 0 saturated heterocycles. The molecule has 53 valence electrons. The molecule has 0 aromatic carbocycles. The van der Waals surface area contributed by atoms with E-state index in [-0.39, 0.29) is 96.8 Å². The van der Waals surface area contributed by atoms with Crippen LogP contribution in [0.1, 0.15) is 0 Å². The molecule has 7 heavy (non-hydrogen) atoms. The van der Waals surface area contributed by atoms with E-state index in [1.54, 1.807) is 0 Å². The molecule has 0 aromatic rings. The number of halogens is 6. The number of rotatable bonds is 0. The summed E-state index contributed by atoms with van der Waals surface area (Å²) in [4.78, 5) is 0. The fourth-order valence-corrected chi connectivity index (χ4v) is 0.